The fourth-order valence-electron chi connectivity index (χ4n) is 1.36. The van der Waals surface area contributed by atoms with Crippen molar-refractivity contribution in [3.8, 4) is 0 Å². The van der Waals surface area contributed by atoms with Crippen LogP contribution in [0.2, 0.25) is 0 Å². The number of hydrogen-bond donors (Lipinski definition) is 1. The average molecular weight is 230 g/mol. The summed E-state index contributed by atoms with van der Waals surface area (Å²) < 4.78 is 38.1. The molecule has 0 amide bonds. The van der Waals surface area contributed by atoms with Gasteiger partial charge in [0.15, 0.2) is 5.65 Å². The molecule has 2 N–H and O–H groups in total. The van der Waals surface area contributed by atoms with E-state index in [1.165, 1.54) is 12.3 Å². The molecule has 0 bridgehead atoms. The highest BCUT2D eigenvalue weighted by molar-refractivity contribution is 5.39. The van der Waals surface area contributed by atoms with Crippen molar-refractivity contribution in [2.45, 2.75) is 12.6 Å². The lowest BCUT2D eigenvalue weighted by Crippen LogP contribution is -2.07. The second-order valence-electron chi connectivity index (χ2n) is 3.31. The molecule has 86 valence electrons. The Hall–Kier alpha value is -1.63. The highest BCUT2D eigenvalue weighted by atomic mass is 19.4. The SMILES string of the molecule is NCCc1ccc2nc(C(F)(F)F)nn2c1. The van der Waals surface area contributed by atoms with Crippen LogP contribution in [-0.4, -0.2) is 21.1 Å². The summed E-state index contributed by atoms with van der Waals surface area (Å²) in [5.41, 5.74) is 6.36. The van der Waals surface area contributed by atoms with E-state index in [1.807, 2.05) is 0 Å². The number of fused-ring (bicyclic) bond motifs is 1. The number of nitrogens with zero attached hydrogens (tertiary/aromatic N) is 3. The van der Waals surface area contributed by atoms with Gasteiger partial charge in [0, 0.05) is 6.20 Å². The first-order valence-corrected chi connectivity index (χ1v) is 4.63. The van der Waals surface area contributed by atoms with Crippen LogP contribution in [0.4, 0.5) is 13.2 Å². The first kappa shape index (κ1) is 10.9. The van der Waals surface area contributed by atoms with Crippen molar-refractivity contribution >= 4 is 5.65 Å². The Morgan fingerprint density at radius 1 is 1.31 bits per heavy atom. The molecule has 0 aliphatic heterocycles. The van der Waals surface area contributed by atoms with Crippen LogP contribution in [0.15, 0.2) is 18.3 Å². The van der Waals surface area contributed by atoms with Gasteiger partial charge in [-0.1, -0.05) is 6.07 Å². The molecular formula is C9H9F3N4. The van der Waals surface area contributed by atoms with Crippen molar-refractivity contribution < 1.29 is 13.2 Å². The smallest absolute Gasteiger partial charge is 0.330 e. The zero-order chi connectivity index (χ0) is 11.8. The molecule has 0 unspecified atom stereocenters. The van der Waals surface area contributed by atoms with Gasteiger partial charge in [0.1, 0.15) is 0 Å². The summed E-state index contributed by atoms with van der Waals surface area (Å²) in [4.78, 5) is 3.38. The molecule has 16 heavy (non-hydrogen) atoms. The van der Waals surface area contributed by atoms with Crippen molar-refractivity contribution in [2.75, 3.05) is 6.54 Å². The predicted molar refractivity (Wildman–Crippen MR) is 50.7 cm³/mol. The lowest BCUT2D eigenvalue weighted by atomic mass is 10.2. The first-order valence-electron chi connectivity index (χ1n) is 4.63. The van der Waals surface area contributed by atoms with Crippen LogP contribution in [0.3, 0.4) is 0 Å². The molecule has 2 aromatic rings. The molecule has 2 rings (SSSR count). The van der Waals surface area contributed by atoms with Crippen molar-refractivity contribution in [3.05, 3.63) is 29.7 Å². The Balaban J connectivity index is 2.46. The molecule has 4 nitrogen and oxygen atoms in total. The van der Waals surface area contributed by atoms with Crippen LogP contribution in [0.5, 0.6) is 0 Å². The van der Waals surface area contributed by atoms with Gasteiger partial charge in [-0.2, -0.15) is 13.2 Å². The molecule has 0 radical (unpaired) electrons. The van der Waals surface area contributed by atoms with E-state index < -0.39 is 12.0 Å². The second-order valence-corrected chi connectivity index (χ2v) is 3.31. The van der Waals surface area contributed by atoms with Crippen LogP contribution >= 0.6 is 0 Å². The molecule has 0 atom stereocenters. The molecule has 0 aliphatic carbocycles. The van der Waals surface area contributed by atoms with Crippen molar-refractivity contribution in [3.63, 3.8) is 0 Å². The minimum absolute atomic E-state index is 0.174. The van der Waals surface area contributed by atoms with E-state index in [0.717, 1.165) is 10.1 Å². The third-order valence-corrected chi connectivity index (χ3v) is 2.08. The highest BCUT2D eigenvalue weighted by Crippen LogP contribution is 2.26. The Bertz CT molecular complexity index is 503. The normalized spacial score (nSPS) is 12.2. The number of halogens is 3. The maximum Gasteiger partial charge on any atom is 0.453 e. The molecule has 0 saturated carbocycles. The minimum atomic E-state index is -4.51. The Morgan fingerprint density at radius 2 is 2.06 bits per heavy atom. The summed E-state index contributed by atoms with van der Waals surface area (Å²) in [5.74, 6) is -1.13. The molecular weight excluding hydrogens is 221 g/mol. The largest absolute Gasteiger partial charge is 0.453 e. The van der Waals surface area contributed by atoms with Crippen LogP contribution in [0, 0.1) is 0 Å². The van der Waals surface area contributed by atoms with Gasteiger partial charge in [-0.3, -0.25) is 0 Å². The van der Waals surface area contributed by atoms with Crippen LogP contribution in [-0.2, 0) is 12.6 Å². The van der Waals surface area contributed by atoms with Gasteiger partial charge in [-0.25, -0.2) is 9.50 Å². The number of alkyl halides is 3. The van der Waals surface area contributed by atoms with Crippen LogP contribution in [0.1, 0.15) is 11.4 Å². The van der Waals surface area contributed by atoms with Gasteiger partial charge in [0.05, 0.1) is 0 Å². The molecule has 0 saturated heterocycles. The number of pyridine rings is 1. The van der Waals surface area contributed by atoms with Crippen LogP contribution in [0.25, 0.3) is 5.65 Å². The van der Waals surface area contributed by atoms with Gasteiger partial charge >= 0.3 is 6.18 Å². The van der Waals surface area contributed by atoms with Crippen molar-refractivity contribution in [2.24, 2.45) is 5.73 Å². The predicted octanol–water partition coefficient (Wildman–Crippen LogP) is 1.25. The average Bonchev–Trinajstić information content (AvgIpc) is 2.60. The molecule has 0 spiro atoms. The molecule has 0 aliphatic rings. The molecule has 0 aromatic carbocycles. The quantitative estimate of drug-likeness (QED) is 0.844. The summed E-state index contributed by atoms with van der Waals surface area (Å²) in [6.45, 7) is 0.437. The van der Waals surface area contributed by atoms with Gasteiger partial charge in [0.25, 0.3) is 5.82 Å². The fraction of sp³-hybridized carbons (Fsp3) is 0.333. The number of aromatic nitrogens is 3. The molecule has 2 heterocycles. The summed E-state index contributed by atoms with van der Waals surface area (Å²) >= 11 is 0. The third kappa shape index (κ3) is 1.99. The fourth-order valence-corrected chi connectivity index (χ4v) is 1.36. The van der Waals surface area contributed by atoms with Gasteiger partial charge in [-0.15, -0.1) is 5.10 Å². The maximum absolute atomic E-state index is 12.3. The van der Waals surface area contributed by atoms with Crippen molar-refractivity contribution in [1.82, 2.24) is 14.6 Å². The van der Waals surface area contributed by atoms with E-state index >= 15 is 0 Å². The zero-order valence-electron chi connectivity index (χ0n) is 8.20. The first-order chi connectivity index (χ1) is 7.50. The van der Waals surface area contributed by atoms with E-state index in [1.54, 1.807) is 6.07 Å². The summed E-state index contributed by atoms with van der Waals surface area (Å²) in [6.07, 6.45) is -2.42. The lowest BCUT2D eigenvalue weighted by molar-refractivity contribution is -0.144. The molecule has 0 fully saturated rings. The summed E-state index contributed by atoms with van der Waals surface area (Å²) in [6, 6.07) is 3.18. The Kier molecular flexibility index (Phi) is 2.55. The molecule has 2 aromatic heterocycles. The second kappa shape index (κ2) is 3.75. The Labute approximate surface area is 88.9 Å². The van der Waals surface area contributed by atoms with Gasteiger partial charge in [0.2, 0.25) is 0 Å². The standard InChI is InChI=1S/C9H9F3N4/c10-9(11,12)8-14-7-2-1-6(3-4-13)5-16(7)15-8/h1-2,5H,3-4,13H2. The third-order valence-electron chi connectivity index (χ3n) is 2.08. The van der Waals surface area contributed by atoms with Gasteiger partial charge < -0.3 is 5.73 Å². The summed E-state index contributed by atoms with van der Waals surface area (Å²) in [7, 11) is 0. The number of nitrogens with two attached hydrogens (primary N) is 1. The van der Waals surface area contributed by atoms with E-state index in [-0.39, 0.29) is 5.65 Å². The van der Waals surface area contributed by atoms with E-state index in [4.69, 9.17) is 5.73 Å². The van der Waals surface area contributed by atoms with Gasteiger partial charge in [-0.05, 0) is 24.6 Å². The molecule has 7 heteroatoms. The summed E-state index contributed by atoms with van der Waals surface area (Å²) in [5, 5.41) is 3.37. The van der Waals surface area contributed by atoms with E-state index in [2.05, 4.69) is 10.1 Å². The van der Waals surface area contributed by atoms with E-state index in [9.17, 15) is 13.2 Å². The zero-order valence-corrected chi connectivity index (χ0v) is 8.20. The van der Waals surface area contributed by atoms with Crippen LogP contribution < -0.4 is 5.73 Å². The monoisotopic (exact) mass is 230 g/mol. The van der Waals surface area contributed by atoms with Crippen molar-refractivity contribution in [1.29, 1.82) is 0 Å². The maximum atomic E-state index is 12.3. The highest BCUT2D eigenvalue weighted by Gasteiger charge is 2.36. The Morgan fingerprint density at radius 3 is 2.69 bits per heavy atom. The topological polar surface area (TPSA) is 56.2 Å². The number of rotatable bonds is 2. The minimum Gasteiger partial charge on any atom is -0.330 e. The van der Waals surface area contributed by atoms with E-state index in [0.29, 0.717) is 13.0 Å². The number of hydrogen-bond acceptors (Lipinski definition) is 3. The lowest BCUT2D eigenvalue weighted by Gasteiger charge is -1.98.